The normalized spacial score (nSPS) is 11.9. The standard InChI is InChI=1S/C11H15NO4/c1-7(13)11(15)12-6-8-3-4-9(14)10(5-8)16-2/h3-5,7,13-14H,6H2,1-2H3,(H,12,15). The Kier molecular flexibility index (Phi) is 4.13. The van der Waals surface area contributed by atoms with Gasteiger partial charge in [0.25, 0.3) is 0 Å². The molecule has 1 atom stereocenters. The smallest absolute Gasteiger partial charge is 0.248 e. The number of hydrogen-bond acceptors (Lipinski definition) is 4. The van der Waals surface area contributed by atoms with Crippen LogP contribution >= 0.6 is 0 Å². The molecule has 1 unspecified atom stereocenters. The summed E-state index contributed by atoms with van der Waals surface area (Å²) in [5, 5.41) is 20.9. The SMILES string of the molecule is COc1cc(CNC(=O)C(C)O)ccc1O. The number of nitrogens with one attached hydrogen (secondary N) is 1. The Bertz CT molecular complexity index is 376. The van der Waals surface area contributed by atoms with Gasteiger partial charge in [0.05, 0.1) is 7.11 Å². The number of phenols is 1. The average Bonchev–Trinajstić information content (AvgIpc) is 2.27. The van der Waals surface area contributed by atoms with Gasteiger partial charge in [0.1, 0.15) is 6.10 Å². The number of phenolic OH excluding ortho intramolecular Hbond substituents is 1. The van der Waals surface area contributed by atoms with E-state index in [9.17, 15) is 9.90 Å². The van der Waals surface area contributed by atoms with E-state index >= 15 is 0 Å². The molecule has 1 aromatic rings. The summed E-state index contributed by atoms with van der Waals surface area (Å²) in [4.78, 5) is 11.1. The number of ether oxygens (including phenoxy) is 1. The van der Waals surface area contributed by atoms with Gasteiger partial charge in [-0.25, -0.2) is 0 Å². The first-order valence-electron chi connectivity index (χ1n) is 4.86. The molecule has 0 aromatic heterocycles. The quantitative estimate of drug-likeness (QED) is 0.693. The molecule has 0 spiro atoms. The summed E-state index contributed by atoms with van der Waals surface area (Å²) in [6.07, 6.45) is -1.03. The number of hydrogen-bond donors (Lipinski definition) is 3. The predicted molar refractivity (Wildman–Crippen MR) is 58.2 cm³/mol. The molecule has 0 aliphatic rings. The van der Waals surface area contributed by atoms with Crippen LogP contribution in [0.3, 0.4) is 0 Å². The van der Waals surface area contributed by atoms with E-state index in [4.69, 9.17) is 9.84 Å². The molecular weight excluding hydrogens is 210 g/mol. The second kappa shape index (κ2) is 5.37. The minimum absolute atomic E-state index is 0.0492. The van der Waals surface area contributed by atoms with E-state index in [2.05, 4.69) is 5.32 Å². The number of aromatic hydroxyl groups is 1. The van der Waals surface area contributed by atoms with Crippen LogP contribution in [0.5, 0.6) is 11.5 Å². The number of aliphatic hydroxyl groups excluding tert-OH is 1. The van der Waals surface area contributed by atoms with Gasteiger partial charge in [-0.2, -0.15) is 0 Å². The highest BCUT2D eigenvalue weighted by atomic mass is 16.5. The van der Waals surface area contributed by atoms with Crippen LogP contribution in [0.1, 0.15) is 12.5 Å². The summed E-state index contributed by atoms with van der Waals surface area (Å²) >= 11 is 0. The lowest BCUT2D eigenvalue weighted by atomic mass is 10.2. The average molecular weight is 225 g/mol. The van der Waals surface area contributed by atoms with E-state index in [-0.39, 0.29) is 12.3 Å². The third kappa shape index (κ3) is 3.13. The third-order valence-corrected chi connectivity index (χ3v) is 2.09. The Morgan fingerprint density at radius 3 is 2.81 bits per heavy atom. The first kappa shape index (κ1) is 12.3. The summed E-state index contributed by atoms with van der Waals surface area (Å²) in [5.41, 5.74) is 0.781. The van der Waals surface area contributed by atoms with Gasteiger partial charge < -0.3 is 20.3 Å². The fraction of sp³-hybridized carbons (Fsp3) is 0.364. The molecule has 3 N–H and O–H groups in total. The minimum Gasteiger partial charge on any atom is -0.504 e. The van der Waals surface area contributed by atoms with Crippen LogP contribution in [0.4, 0.5) is 0 Å². The van der Waals surface area contributed by atoms with Gasteiger partial charge in [-0.3, -0.25) is 4.79 Å². The fourth-order valence-electron chi connectivity index (χ4n) is 1.17. The van der Waals surface area contributed by atoms with Crippen molar-refractivity contribution in [2.45, 2.75) is 19.6 Å². The molecule has 0 aliphatic heterocycles. The number of amides is 1. The number of rotatable bonds is 4. The lowest BCUT2D eigenvalue weighted by Gasteiger charge is -2.09. The maximum absolute atomic E-state index is 11.1. The van der Waals surface area contributed by atoms with E-state index in [0.29, 0.717) is 5.75 Å². The Morgan fingerprint density at radius 1 is 1.56 bits per heavy atom. The van der Waals surface area contributed by atoms with E-state index in [1.165, 1.54) is 20.1 Å². The lowest BCUT2D eigenvalue weighted by molar-refractivity contribution is -0.128. The molecule has 0 aliphatic carbocycles. The van der Waals surface area contributed by atoms with Gasteiger partial charge in [-0.15, -0.1) is 0 Å². The van der Waals surface area contributed by atoms with Crippen LogP contribution in [0.15, 0.2) is 18.2 Å². The molecule has 0 saturated carbocycles. The summed E-state index contributed by atoms with van der Waals surface area (Å²) in [6.45, 7) is 1.67. The highest BCUT2D eigenvalue weighted by Gasteiger charge is 2.08. The molecule has 1 aromatic carbocycles. The molecule has 5 heteroatoms. The van der Waals surface area contributed by atoms with Crippen molar-refractivity contribution >= 4 is 5.91 Å². The van der Waals surface area contributed by atoms with Crippen molar-refractivity contribution in [2.24, 2.45) is 0 Å². The maximum atomic E-state index is 11.1. The number of carbonyl (C=O) groups is 1. The van der Waals surface area contributed by atoms with E-state index < -0.39 is 12.0 Å². The topological polar surface area (TPSA) is 78.8 Å². The number of carbonyl (C=O) groups excluding carboxylic acids is 1. The van der Waals surface area contributed by atoms with E-state index in [1.54, 1.807) is 12.1 Å². The highest BCUT2D eigenvalue weighted by Crippen LogP contribution is 2.26. The Morgan fingerprint density at radius 2 is 2.25 bits per heavy atom. The Labute approximate surface area is 93.7 Å². The highest BCUT2D eigenvalue weighted by molar-refractivity contribution is 5.79. The second-order valence-electron chi connectivity index (χ2n) is 3.40. The van der Waals surface area contributed by atoms with Crippen LogP contribution in [-0.4, -0.2) is 29.3 Å². The fourth-order valence-corrected chi connectivity index (χ4v) is 1.17. The van der Waals surface area contributed by atoms with Gasteiger partial charge in [0, 0.05) is 6.54 Å². The molecule has 0 heterocycles. The summed E-state index contributed by atoms with van der Waals surface area (Å²) in [7, 11) is 1.45. The predicted octanol–water partition coefficient (Wildman–Crippen LogP) is 0.398. The van der Waals surface area contributed by atoms with Crippen LogP contribution in [0, 0.1) is 0 Å². The monoisotopic (exact) mass is 225 g/mol. The summed E-state index contributed by atoms with van der Waals surface area (Å²) < 4.78 is 4.93. The van der Waals surface area contributed by atoms with Crippen molar-refractivity contribution < 1.29 is 19.7 Å². The number of aliphatic hydroxyl groups is 1. The maximum Gasteiger partial charge on any atom is 0.248 e. The number of methoxy groups -OCH3 is 1. The minimum atomic E-state index is -1.03. The first-order valence-corrected chi connectivity index (χ1v) is 4.86. The largest absolute Gasteiger partial charge is 0.504 e. The summed E-state index contributed by atoms with van der Waals surface area (Å²) in [6, 6.07) is 4.78. The molecular formula is C11H15NO4. The number of benzene rings is 1. The molecule has 0 saturated heterocycles. The van der Waals surface area contributed by atoms with Crippen LogP contribution in [0.25, 0.3) is 0 Å². The first-order chi connectivity index (χ1) is 7.54. The third-order valence-electron chi connectivity index (χ3n) is 2.09. The van der Waals surface area contributed by atoms with Crippen molar-refractivity contribution in [3.05, 3.63) is 23.8 Å². The molecule has 1 rings (SSSR count). The van der Waals surface area contributed by atoms with Crippen LogP contribution in [-0.2, 0) is 11.3 Å². The molecule has 88 valence electrons. The van der Waals surface area contributed by atoms with Gasteiger partial charge in [0.15, 0.2) is 11.5 Å². The molecule has 0 bridgehead atoms. The van der Waals surface area contributed by atoms with Gasteiger partial charge in [-0.05, 0) is 24.6 Å². The van der Waals surface area contributed by atoms with E-state index in [1.807, 2.05) is 0 Å². The van der Waals surface area contributed by atoms with Crippen molar-refractivity contribution in [3.63, 3.8) is 0 Å². The molecule has 1 amide bonds. The van der Waals surface area contributed by atoms with Crippen molar-refractivity contribution in [2.75, 3.05) is 7.11 Å². The van der Waals surface area contributed by atoms with Crippen molar-refractivity contribution in [3.8, 4) is 11.5 Å². The molecule has 5 nitrogen and oxygen atoms in total. The molecule has 0 fully saturated rings. The molecule has 16 heavy (non-hydrogen) atoms. The van der Waals surface area contributed by atoms with E-state index in [0.717, 1.165) is 5.56 Å². The Balaban J connectivity index is 2.64. The lowest BCUT2D eigenvalue weighted by Crippen LogP contribution is -2.31. The molecule has 0 radical (unpaired) electrons. The van der Waals surface area contributed by atoms with Crippen LogP contribution < -0.4 is 10.1 Å². The van der Waals surface area contributed by atoms with Crippen LogP contribution in [0.2, 0.25) is 0 Å². The van der Waals surface area contributed by atoms with Gasteiger partial charge >= 0.3 is 0 Å². The zero-order valence-corrected chi connectivity index (χ0v) is 9.23. The van der Waals surface area contributed by atoms with Crippen molar-refractivity contribution in [1.29, 1.82) is 0 Å². The second-order valence-corrected chi connectivity index (χ2v) is 3.40. The summed E-state index contributed by atoms with van der Waals surface area (Å²) in [5.74, 6) is -0.0380. The van der Waals surface area contributed by atoms with Gasteiger partial charge in [0.2, 0.25) is 5.91 Å². The Hall–Kier alpha value is -1.75. The zero-order chi connectivity index (χ0) is 12.1. The van der Waals surface area contributed by atoms with Crippen molar-refractivity contribution in [1.82, 2.24) is 5.32 Å². The van der Waals surface area contributed by atoms with Gasteiger partial charge in [-0.1, -0.05) is 6.07 Å². The zero-order valence-electron chi connectivity index (χ0n) is 9.23.